The number of rotatable bonds is 6. The molecule has 0 saturated heterocycles. The Morgan fingerprint density at radius 2 is 0.737 bits per heavy atom. The zero-order chi connectivity index (χ0) is 26.8. The van der Waals surface area contributed by atoms with Gasteiger partial charge in [-0.15, -0.1) is 0 Å². The molecule has 0 bridgehead atoms. The predicted octanol–water partition coefficient (Wildman–Crippen LogP) is 6.85. The van der Waals surface area contributed by atoms with Gasteiger partial charge in [-0.1, -0.05) is 0 Å². The van der Waals surface area contributed by atoms with E-state index in [2.05, 4.69) is 125 Å². The third-order valence-corrected chi connectivity index (χ3v) is 13.8. The van der Waals surface area contributed by atoms with Crippen molar-refractivity contribution in [3.05, 3.63) is 155 Å². The number of carbonyl (C=O) groups excluding carboxylic acids is 1. The van der Waals surface area contributed by atoms with Crippen molar-refractivity contribution in [2.24, 2.45) is 0 Å². The quantitative estimate of drug-likeness (QED) is 0.231. The molecule has 0 atom stereocenters. The second-order valence-electron chi connectivity index (χ2n) is 9.93. The third kappa shape index (κ3) is 3.80. The molecule has 0 aliphatic rings. The maximum atomic E-state index is 14.4. The molecule has 0 saturated carbocycles. The number of carbonyl (C=O) groups is 1. The van der Waals surface area contributed by atoms with Gasteiger partial charge in [0.2, 0.25) is 0 Å². The number of hydrogen-bond donors (Lipinski definition) is 0. The van der Waals surface area contributed by atoms with Crippen molar-refractivity contribution in [3.63, 3.8) is 0 Å². The minimum atomic E-state index is -4.17. The van der Waals surface area contributed by atoms with Crippen LogP contribution in [0.5, 0.6) is 0 Å². The van der Waals surface area contributed by atoms with Gasteiger partial charge in [-0.2, -0.15) is 0 Å². The van der Waals surface area contributed by atoms with Crippen molar-refractivity contribution in [2.75, 3.05) is 0 Å². The molecule has 5 rings (SSSR count). The Morgan fingerprint density at radius 3 is 1.05 bits per heavy atom. The van der Waals surface area contributed by atoms with Crippen LogP contribution in [-0.4, -0.2) is 5.97 Å². The van der Waals surface area contributed by atoms with Gasteiger partial charge in [0, 0.05) is 0 Å². The zero-order valence-electron chi connectivity index (χ0n) is 22.4. The van der Waals surface area contributed by atoms with Crippen molar-refractivity contribution in [1.82, 2.24) is 0 Å². The Labute approximate surface area is 226 Å². The Hall–Kier alpha value is -4.00. The molecule has 3 heteroatoms. The summed E-state index contributed by atoms with van der Waals surface area (Å²) in [5.41, 5.74) is 4.87. The Bertz CT molecular complexity index is 1430. The zero-order valence-corrected chi connectivity index (χ0v) is 23.3. The van der Waals surface area contributed by atoms with E-state index < -0.39 is 6.83 Å². The number of aryl methyl sites for hydroxylation is 4. The van der Waals surface area contributed by atoms with Gasteiger partial charge in [0.25, 0.3) is 0 Å². The third-order valence-electron chi connectivity index (χ3n) is 7.58. The van der Waals surface area contributed by atoms with Crippen LogP contribution in [0, 0.1) is 27.7 Å². The molecule has 5 aromatic carbocycles. The summed E-state index contributed by atoms with van der Waals surface area (Å²) in [6, 6.07) is 43.0. The van der Waals surface area contributed by atoms with Crippen LogP contribution in [0.15, 0.2) is 127 Å². The summed E-state index contributed by atoms with van der Waals surface area (Å²) in [5, 5.41) is 4.17. The molecular formula is C35H33O2P. The molecule has 0 unspecified atom stereocenters. The van der Waals surface area contributed by atoms with Crippen LogP contribution in [0.2, 0.25) is 0 Å². The van der Waals surface area contributed by atoms with Crippen LogP contribution in [0.3, 0.4) is 0 Å². The van der Waals surface area contributed by atoms with Gasteiger partial charge in [0.1, 0.15) is 0 Å². The summed E-state index contributed by atoms with van der Waals surface area (Å²) in [6.07, 6.45) is 0. The molecule has 0 aliphatic heterocycles. The Balaban J connectivity index is 2.12. The van der Waals surface area contributed by atoms with E-state index in [1.54, 1.807) is 0 Å². The molecule has 0 fully saturated rings. The molecule has 0 N–H and O–H groups in total. The topological polar surface area (TPSA) is 26.3 Å². The van der Waals surface area contributed by atoms with Crippen LogP contribution in [0.4, 0.5) is 0 Å². The summed E-state index contributed by atoms with van der Waals surface area (Å²) in [4.78, 5) is 14.4. The van der Waals surface area contributed by atoms with Crippen LogP contribution in [0.25, 0.3) is 0 Å². The van der Waals surface area contributed by atoms with Gasteiger partial charge < -0.3 is 0 Å². The second kappa shape index (κ2) is 10.0. The van der Waals surface area contributed by atoms with Crippen molar-refractivity contribution >= 4 is 34.0 Å². The van der Waals surface area contributed by atoms with Crippen LogP contribution in [-0.2, 0) is 4.52 Å². The molecule has 0 aliphatic carbocycles. The van der Waals surface area contributed by atoms with Crippen molar-refractivity contribution in [1.29, 1.82) is 0 Å². The van der Waals surface area contributed by atoms with Crippen LogP contribution < -0.4 is 21.2 Å². The summed E-state index contributed by atoms with van der Waals surface area (Å²) < 4.78 is 7.37. The van der Waals surface area contributed by atoms with Crippen molar-refractivity contribution < 1.29 is 9.32 Å². The van der Waals surface area contributed by atoms with E-state index in [1.165, 1.54) is 0 Å². The fourth-order valence-electron chi connectivity index (χ4n) is 5.94. The predicted molar refractivity (Wildman–Crippen MR) is 162 cm³/mol. The summed E-state index contributed by atoms with van der Waals surface area (Å²) in [5.74, 6) is -0.332. The van der Waals surface area contributed by atoms with E-state index >= 15 is 0 Å². The normalized spacial score (nSPS) is 12.4. The monoisotopic (exact) mass is 516 g/mol. The van der Waals surface area contributed by atoms with E-state index in [4.69, 9.17) is 4.52 Å². The van der Waals surface area contributed by atoms with E-state index in [9.17, 15) is 4.79 Å². The molecule has 0 heterocycles. The van der Waals surface area contributed by atoms with Crippen molar-refractivity contribution in [3.8, 4) is 0 Å². The number of benzene rings is 5. The van der Waals surface area contributed by atoms with Gasteiger partial charge in [-0.25, -0.2) is 0 Å². The van der Waals surface area contributed by atoms with E-state index in [0.717, 1.165) is 43.5 Å². The molecule has 0 aromatic heterocycles. The Morgan fingerprint density at radius 1 is 0.447 bits per heavy atom. The average molecular weight is 517 g/mol. The molecule has 0 spiro atoms. The molecule has 0 amide bonds. The standard InChI is InChI=1S/C35H33O2P/c1-26-16-8-12-22-31(26)38(32-23-13-9-17-27(32)2,33-24-14-10-18-28(33)3,34-25-15-11-19-29(34)4)37-35(36)30-20-6-5-7-21-30/h5-25H,1-4H3. The first kappa shape index (κ1) is 25.6. The molecule has 190 valence electrons. The maximum absolute atomic E-state index is 14.4. The van der Waals surface area contributed by atoms with E-state index in [1.807, 2.05) is 30.3 Å². The first-order valence-corrected chi connectivity index (χ1v) is 15.1. The average Bonchev–Trinajstić information content (AvgIpc) is 2.94. The van der Waals surface area contributed by atoms with Gasteiger partial charge in [-0.3, -0.25) is 0 Å². The van der Waals surface area contributed by atoms with Gasteiger partial charge >= 0.3 is 226 Å². The number of hydrogen-bond acceptors (Lipinski definition) is 2. The van der Waals surface area contributed by atoms with Crippen LogP contribution in [0.1, 0.15) is 32.6 Å². The van der Waals surface area contributed by atoms with Gasteiger partial charge in [0.05, 0.1) is 0 Å². The first-order chi connectivity index (χ1) is 18.4. The summed E-state index contributed by atoms with van der Waals surface area (Å²) >= 11 is 0. The fraction of sp³-hybridized carbons (Fsp3) is 0.114. The summed E-state index contributed by atoms with van der Waals surface area (Å²) in [7, 11) is 0. The molecule has 5 aromatic rings. The van der Waals surface area contributed by atoms with Gasteiger partial charge in [0.15, 0.2) is 0 Å². The summed E-state index contributed by atoms with van der Waals surface area (Å²) in [6.45, 7) is 4.34. The molecular weight excluding hydrogens is 483 g/mol. The minimum absolute atomic E-state index is 0.332. The molecule has 0 radical (unpaired) electrons. The van der Waals surface area contributed by atoms with Gasteiger partial charge in [-0.05, 0) is 0 Å². The Kier molecular flexibility index (Phi) is 6.78. The SMILES string of the molecule is Cc1ccccc1P(OC(=O)c1ccccc1)(c1ccccc1C)(c1ccccc1C)c1ccccc1C. The second-order valence-corrected chi connectivity index (χ2v) is 14.1. The molecule has 2 nitrogen and oxygen atoms in total. The van der Waals surface area contributed by atoms with Crippen molar-refractivity contribution in [2.45, 2.75) is 27.7 Å². The first-order valence-electron chi connectivity index (χ1n) is 13.0. The van der Waals surface area contributed by atoms with E-state index in [0.29, 0.717) is 5.56 Å². The van der Waals surface area contributed by atoms with E-state index in [-0.39, 0.29) is 5.97 Å². The fourth-order valence-corrected chi connectivity index (χ4v) is 12.8. The molecule has 38 heavy (non-hydrogen) atoms. The van der Waals surface area contributed by atoms with Crippen LogP contribution >= 0.6 is 6.83 Å².